The molecular formula is C26H25NO4. The Kier molecular flexibility index (Phi) is 5.10. The number of furan rings is 1. The molecule has 0 radical (unpaired) electrons. The molecule has 2 heterocycles. The molecular weight excluding hydrogens is 390 g/mol. The number of fused-ring (bicyclic) bond motifs is 2. The Morgan fingerprint density at radius 3 is 2.55 bits per heavy atom. The van der Waals surface area contributed by atoms with Crippen molar-refractivity contribution in [2.45, 2.75) is 45.4 Å². The monoisotopic (exact) mass is 415 g/mol. The first-order valence-electron chi connectivity index (χ1n) is 11.0. The lowest BCUT2D eigenvalue weighted by Crippen LogP contribution is -2.24. The second kappa shape index (κ2) is 8.06. The van der Waals surface area contributed by atoms with Gasteiger partial charge < -0.3 is 14.2 Å². The third-order valence-electron chi connectivity index (χ3n) is 6.28. The number of para-hydroxylation sites is 1. The molecule has 4 aromatic rings. The van der Waals surface area contributed by atoms with E-state index in [9.17, 15) is 9.59 Å². The number of carbonyl (C=O) groups is 1. The van der Waals surface area contributed by atoms with Gasteiger partial charge in [-0.2, -0.15) is 0 Å². The third-order valence-corrected chi connectivity index (χ3v) is 6.28. The van der Waals surface area contributed by atoms with Crippen LogP contribution in [0.15, 0.2) is 62.2 Å². The summed E-state index contributed by atoms with van der Waals surface area (Å²) >= 11 is 0. The molecule has 0 unspecified atom stereocenters. The maximum Gasteiger partial charge on any atom is 0.336 e. The van der Waals surface area contributed by atoms with Crippen LogP contribution in [0.25, 0.3) is 33.3 Å². The Morgan fingerprint density at radius 1 is 0.968 bits per heavy atom. The highest BCUT2D eigenvalue weighted by Gasteiger charge is 2.25. The molecule has 1 fully saturated rings. The van der Waals surface area contributed by atoms with E-state index >= 15 is 0 Å². The Morgan fingerprint density at radius 2 is 1.74 bits per heavy atom. The van der Waals surface area contributed by atoms with E-state index in [2.05, 4.69) is 12.2 Å². The topological polar surface area (TPSA) is 72.5 Å². The second-order valence-electron chi connectivity index (χ2n) is 8.29. The molecule has 0 atom stereocenters. The van der Waals surface area contributed by atoms with Crippen LogP contribution in [0.5, 0.6) is 0 Å². The molecule has 0 spiro atoms. The minimum absolute atomic E-state index is 0.0135. The summed E-state index contributed by atoms with van der Waals surface area (Å²) in [5.74, 6) is 0.532. The highest BCUT2D eigenvalue weighted by molar-refractivity contribution is 6.09. The van der Waals surface area contributed by atoms with Crippen LogP contribution in [0.4, 0.5) is 5.69 Å². The lowest BCUT2D eigenvalue weighted by molar-refractivity contribution is -0.120. The molecule has 5 rings (SSSR count). The molecule has 2 aromatic carbocycles. The second-order valence-corrected chi connectivity index (χ2v) is 8.29. The van der Waals surface area contributed by atoms with E-state index in [0.717, 1.165) is 48.4 Å². The highest BCUT2D eigenvalue weighted by Crippen LogP contribution is 2.41. The number of nitrogens with one attached hydrogen (secondary N) is 1. The number of hydrogen-bond acceptors (Lipinski definition) is 4. The summed E-state index contributed by atoms with van der Waals surface area (Å²) in [6, 6.07) is 14.9. The average molecular weight is 415 g/mol. The van der Waals surface area contributed by atoms with E-state index in [4.69, 9.17) is 8.83 Å². The van der Waals surface area contributed by atoms with Gasteiger partial charge in [-0.15, -0.1) is 0 Å². The van der Waals surface area contributed by atoms with Crippen LogP contribution in [0.3, 0.4) is 0 Å². The van der Waals surface area contributed by atoms with Crippen LogP contribution >= 0.6 is 0 Å². The van der Waals surface area contributed by atoms with Crippen molar-refractivity contribution in [3.05, 3.63) is 64.5 Å². The van der Waals surface area contributed by atoms with Gasteiger partial charge in [-0.25, -0.2) is 4.79 Å². The zero-order chi connectivity index (χ0) is 21.4. The fourth-order valence-corrected chi connectivity index (χ4v) is 4.57. The minimum Gasteiger partial charge on any atom is -0.454 e. The molecule has 0 saturated heterocycles. The number of amides is 1. The Labute approximate surface area is 180 Å². The van der Waals surface area contributed by atoms with Crippen molar-refractivity contribution >= 4 is 33.5 Å². The van der Waals surface area contributed by atoms with Crippen molar-refractivity contribution in [3.63, 3.8) is 0 Å². The predicted octanol–water partition coefficient (Wildman–Crippen LogP) is 6.29. The van der Waals surface area contributed by atoms with Crippen molar-refractivity contribution in [2.24, 2.45) is 5.92 Å². The Bertz CT molecular complexity index is 1320. The van der Waals surface area contributed by atoms with Crippen molar-refractivity contribution in [3.8, 4) is 11.3 Å². The van der Waals surface area contributed by atoms with Gasteiger partial charge >= 0.3 is 5.63 Å². The zero-order valence-corrected chi connectivity index (χ0v) is 17.6. The van der Waals surface area contributed by atoms with Crippen LogP contribution in [0.1, 0.15) is 44.6 Å². The van der Waals surface area contributed by atoms with E-state index in [1.165, 1.54) is 12.5 Å². The number of rotatable bonds is 4. The molecule has 31 heavy (non-hydrogen) atoms. The number of carbonyl (C=O) groups excluding carboxylic acids is 1. The fourth-order valence-electron chi connectivity index (χ4n) is 4.57. The summed E-state index contributed by atoms with van der Waals surface area (Å²) in [5, 5.41) is 4.77. The summed E-state index contributed by atoms with van der Waals surface area (Å²) in [5.41, 5.74) is 3.12. The maximum absolute atomic E-state index is 13.1. The number of anilines is 1. The van der Waals surface area contributed by atoms with Gasteiger partial charge in [-0.3, -0.25) is 4.79 Å². The van der Waals surface area contributed by atoms with Gasteiger partial charge in [-0.1, -0.05) is 44.4 Å². The van der Waals surface area contributed by atoms with E-state index in [1.54, 1.807) is 0 Å². The van der Waals surface area contributed by atoms with Crippen molar-refractivity contribution in [2.75, 3.05) is 5.32 Å². The van der Waals surface area contributed by atoms with E-state index < -0.39 is 5.63 Å². The lowest BCUT2D eigenvalue weighted by atomic mass is 9.88. The molecule has 158 valence electrons. The zero-order valence-electron chi connectivity index (χ0n) is 17.6. The lowest BCUT2D eigenvalue weighted by Gasteiger charge is -2.20. The van der Waals surface area contributed by atoms with Gasteiger partial charge in [0.1, 0.15) is 11.2 Å². The van der Waals surface area contributed by atoms with Gasteiger partial charge in [0.05, 0.1) is 5.69 Å². The van der Waals surface area contributed by atoms with Crippen LogP contribution in [0, 0.1) is 5.92 Å². The Balaban J connectivity index is 1.69. The van der Waals surface area contributed by atoms with E-state index in [-0.39, 0.29) is 11.8 Å². The SMILES string of the molecule is CCc1ccc2oc(=O)cc(-c3oc4ccccc4c3NC(=O)C3CCCCC3)c2c1. The summed E-state index contributed by atoms with van der Waals surface area (Å²) in [7, 11) is 0. The van der Waals surface area contributed by atoms with Crippen LogP contribution < -0.4 is 10.9 Å². The van der Waals surface area contributed by atoms with Gasteiger partial charge in [0.2, 0.25) is 5.91 Å². The first kappa shape index (κ1) is 19.6. The van der Waals surface area contributed by atoms with Crippen LogP contribution in [-0.4, -0.2) is 5.91 Å². The number of hydrogen-bond donors (Lipinski definition) is 1. The Hall–Kier alpha value is -3.34. The predicted molar refractivity (Wildman–Crippen MR) is 122 cm³/mol. The van der Waals surface area contributed by atoms with Crippen LogP contribution in [0.2, 0.25) is 0 Å². The van der Waals surface area contributed by atoms with E-state index in [1.807, 2.05) is 42.5 Å². The molecule has 2 aromatic heterocycles. The third kappa shape index (κ3) is 3.65. The summed E-state index contributed by atoms with van der Waals surface area (Å²) < 4.78 is 11.6. The smallest absolute Gasteiger partial charge is 0.336 e. The molecule has 5 heteroatoms. The van der Waals surface area contributed by atoms with Gasteiger partial charge in [0.15, 0.2) is 5.76 Å². The quantitative estimate of drug-likeness (QED) is 0.398. The van der Waals surface area contributed by atoms with E-state index in [0.29, 0.717) is 28.2 Å². The maximum atomic E-state index is 13.1. The van der Waals surface area contributed by atoms with Gasteiger partial charge in [-0.05, 0) is 49.1 Å². The molecule has 5 nitrogen and oxygen atoms in total. The number of benzene rings is 2. The molecule has 0 aliphatic heterocycles. The summed E-state index contributed by atoms with van der Waals surface area (Å²) in [4.78, 5) is 25.4. The highest BCUT2D eigenvalue weighted by atomic mass is 16.4. The minimum atomic E-state index is -0.447. The average Bonchev–Trinajstić information content (AvgIpc) is 3.17. The molecule has 1 aliphatic rings. The standard InChI is InChI=1S/C26H25NO4/c1-2-16-12-13-22-19(14-16)20(15-23(28)30-22)25-24(18-10-6-7-11-21(18)31-25)27-26(29)17-8-4-3-5-9-17/h6-7,10-15,17H,2-5,8-9H2,1H3,(H,27,29). The largest absolute Gasteiger partial charge is 0.454 e. The first-order valence-corrected chi connectivity index (χ1v) is 11.0. The number of aryl methyl sites for hydroxylation is 1. The first-order chi connectivity index (χ1) is 15.1. The van der Waals surface area contributed by atoms with Gasteiger partial charge in [0, 0.05) is 28.3 Å². The normalized spacial score (nSPS) is 14.9. The van der Waals surface area contributed by atoms with Crippen molar-refractivity contribution in [1.82, 2.24) is 0 Å². The van der Waals surface area contributed by atoms with Gasteiger partial charge in [0.25, 0.3) is 0 Å². The molecule has 1 saturated carbocycles. The molecule has 1 aliphatic carbocycles. The summed E-state index contributed by atoms with van der Waals surface area (Å²) in [6.45, 7) is 2.08. The van der Waals surface area contributed by atoms with Crippen LogP contribution in [-0.2, 0) is 11.2 Å². The summed E-state index contributed by atoms with van der Waals surface area (Å²) in [6.07, 6.45) is 6.04. The molecule has 1 N–H and O–H groups in total. The molecule has 0 bridgehead atoms. The van der Waals surface area contributed by atoms with Crippen molar-refractivity contribution < 1.29 is 13.6 Å². The van der Waals surface area contributed by atoms with Crippen molar-refractivity contribution in [1.29, 1.82) is 0 Å². The fraction of sp³-hybridized carbons (Fsp3) is 0.308. The molecule has 1 amide bonds.